The van der Waals surface area contributed by atoms with Crippen molar-refractivity contribution in [3.8, 4) is 0 Å². The Kier molecular flexibility index (Phi) is 5.01. The van der Waals surface area contributed by atoms with E-state index in [0.29, 0.717) is 0 Å². The Hall–Kier alpha value is -1.30. The lowest BCUT2D eigenvalue weighted by molar-refractivity contribution is 0.190. The number of carbonyl (C=O) groups excluding carboxylic acids is 1. The molecule has 2 amide bonds. The second-order valence-electron chi connectivity index (χ2n) is 4.93. The van der Waals surface area contributed by atoms with Gasteiger partial charge in [0.15, 0.2) is 5.13 Å². The summed E-state index contributed by atoms with van der Waals surface area (Å²) in [6, 6.07) is 0.328. The number of rotatable bonds is 4. The van der Waals surface area contributed by atoms with E-state index in [-0.39, 0.29) is 12.1 Å². The van der Waals surface area contributed by atoms with Crippen molar-refractivity contribution in [2.45, 2.75) is 32.7 Å². The predicted molar refractivity (Wildman–Crippen MR) is 78.8 cm³/mol. The Labute approximate surface area is 118 Å². The minimum atomic E-state index is 0.0692. The average molecular weight is 282 g/mol. The van der Waals surface area contributed by atoms with Gasteiger partial charge in [-0.05, 0) is 13.3 Å². The molecule has 19 heavy (non-hydrogen) atoms. The summed E-state index contributed by atoms with van der Waals surface area (Å²) in [5.41, 5.74) is 0. The van der Waals surface area contributed by atoms with E-state index in [2.05, 4.69) is 29.0 Å². The highest BCUT2D eigenvalue weighted by Gasteiger charge is 2.22. The zero-order chi connectivity index (χ0) is 13.7. The quantitative estimate of drug-likeness (QED) is 0.920. The third-order valence-electron chi connectivity index (χ3n) is 3.35. The number of hydrogen-bond donors (Lipinski definition) is 1. The lowest BCUT2D eigenvalue weighted by Gasteiger charge is -2.35. The van der Waals surface area contributed by atoms with Crippen LogP contribution >= 0.6 is 11.3 Å². The zero-order valence-electron chi connectivity index (χ0n) is 11.6. The van der Waals surface area contributed by atoms with E-state index in [1.165, 1.54) is 0 Å². The Morgan fingerprint density at radius 2 is 2.21 bits per heavy atom. The largest absolute Gasteiger partial charge is 0.345 e. The standard InChI is InChI=1S/C13H22N4OS/c1-3-4-11(2)15-12(18)16-6-8-17(9-7-16)13-14-5-10-19-13/h5,10-11H,3-4,6-9H2,1-2H3,(H,15,18)/t11-/m0/s1. The summed E-state index contributed by atoms with van der Waals surface area (Å²) in [5.74, 6) is 0. The van der Waals surface area contributed by atoms with Gasteiger partial charge in [-0.2, -0.15) is 0 Å². The molecule has 6 heteroatoms. The van der Waals surface area contributed by atoms with E-state index in [4.69, 9.17) is 0 Å². The second-order valence-corrected chi connectivity index (χ2v) is 5.80. The summed E-state index contributed by atoms with van der Waals surface area (Å²) < 4.78 is 0. The van der Waals surface area contributed by atoms with Crippen molar-refractivity contribution in [3.63, 3.8) is 0 Å². The van der Waals surface area contributed by atoms with Gasteiger partial charge >= 0.3 is 6.03 Å². The Morgan fingerprint density at radius 3 is 2.79 bits per heavy atom. The van der Waals surface area contributed by atoms with Crippen LogP contribution in [0.2, 0.25) is 0 Å². The van der Waals surface area contributed by atoms with Crippen molar-refractivity contribution >= 4 is 22.5 Å². The molecule has 0 aliphatic carbocycles. The van der Waals surface area contributed by atoms with Crippen LogP contribution in [0.3, 0.4) is 0 Å². The second kappa shape index (κ2) is 6.75. The van der Waals surface area contributed by atoms with Crippen LogP contribution in [0.5, 0.6) is 0 Å². The molecule has 1 aliphatic rings. The number of amides is 2. The topological polar surface area (TPSA) is 48.5 Å². The van der Waals surface area contributed by atoms with Crippen LogP contribution in [0.4, 0.5) is 9.93 Å². The number of piperazine rings is 1. The number of anilines is 1. The van der Waals surface area contributed by atoms with E-state index in [9.17, 15) is 4.79 Å². The predicted octanol–water partition coefficient (Wildman–Crippen LogP) is 2.16. The summed E-state index contributed by atoms with van der Waals surface area (Å²) in [7, 11) is 0. The van der Waals surface area contributed by atoms with Crippen LogP contribution in [0.1, 0.15) is 26.7 Å². The Morgan fingerprint density at radius 1 is 1.47 bits per heavy atom. The SMILES string of the molecule is CCC[C@H](C)NC(=O)N1CCN(c2nccs2)CC1. The molecular formula is C13H22N4OS. The molecule has 0 spiro atoms. The highest BCUT2D eigenvalue weighted by Crippen LogP contribution is 2.18. The molecule has 0 radical (unpaired) electrons. The Bertz CT molecular complexity index is 387. The smallest absolute Gasteiger partial charge is 0.317 e. The maximum absolute atomic E-state index is 12.1. The summed E-state index contributed by atoms with van der Waals surface area (Å²) in [6.07, 6.45) is 3.95. The summed E-state index contributed by atoms with van der Waals surface area (Å²) in [4.78, 5) is 20.5. The minimum absolute atomic E-state index is 0.0692. The molecule has 1 atom stereocenters. The molecule has 0 saturated carbocycles. The molecule has 0 aromatic carbocycles. The van der Waals surface area contributed by atoms with Gasteiger partial charge in [-0.15, -0.1) is 11.3 Å². The first-order chi connectivity index (χ1) is 9.20. The fourth-order valence-corrected chi connectivity index (χ4v) is 2.98. The van der Waals surface area contributed by atoms with Crippen LogP contribution in [0.25, 0.3) is 0 Å². The van der Waals surface area contributed by atoms with E-state index >= 15 is 0 Å². The molecule has 1 N–H and O–H groups in total. The van der Waals surface area contributed by atoms with E-state index in [1.54, 1.807) is 11.3 Å². The molecule has 1 saturated heterocycles. The van der Waals surface area contributed by atoms with Crippen molar-refractivity contribution in [2.75, 3.05) is 31.1 Å². The normalized spacial score (nSPS) is 17.4. The molecule has 5 nitrogen and oxygen atoms in total. The van der Waals surface area contributed by atoms with Crippen LogP contribution < -0.4 is 10.2 Å². The molecule has 1 fully saturated rings. The average Bonchev–Trinajstić information content (AvgIpc) is 2.93. The minimum Gasteiger partial charge on any atom is -0.345 e. The van der Waals surface area contributed by atoms with Crippen molar-refractivity contribution in [2.24, 2.45) is 0 Å². The fraction of sp³-hybridized carbons (Fsp3) is 0.692. The molecule has 2 heterocycles. The number of hydrogen-bond acceptors (Lipinski definition) is 4. The monoisotopic (exact) mass is 282 g/mol. The van der Waals surface area contributed by atoms with Gasteiger partial charge in [0, 0.05) is 43.8 Å². The van der Waals surface area contributed by atoms with Gasteiger partial charge in [-0.25, -0.2) is 9.78 Å². The molecule has 1 aromatic heterocycles. The summed E-state index contributed by atoms with van der Waals surface area (Å²) in [5, 5.41) is 6.10. The van der Waals surface area contributed by atoms with Crippen molar-refractivity contribution < 1.29 is 4.79 Å². The maximum Gasteiger partial charge on any atom is 0.317 e. The Balaban J connectivity index is 1.78. The lowest BCUT2D eigenvalue weighted by atomic mass is 10.2. The zero-order valence-corrected chi connectivity index (χ0v) is 12.4. The summed E-state index contributed by atoms with van der Waals surface area (Å²) in [6.45, 7) is 7.46. The van der Waals surface area contributed by atoms with Crippen LogP contribution in [-0.4, -0.2) is 48.1 Å². The first-order valence-electron chi connectivity index (χ1n) is 6.90. The number of nitrogens with zero attached hydrogens (tertiary/aromatic N) is 3. The third-order valence-corrected chi connectivity index (χ3v) is 4.18. The highest BCUT2D eigenvalue weighted by atomic mass is 32.1. The van der Waals surface area contributed by atoms with Gasteiger partial charge in [-0.1, -0.05) is 13.3 Å². The van der Waals surface area contributed by atoms with Gasteiger partial charge in [0.1, 0.15) is 0 Å². The van der Waals surface area contributed by atoms with E-state index < -0.39 is 0 Å². The number of thiazole rings is 1. The van der Waals surface area contributed by atoms with Crippen LogP contribution in [-0.2, 0) is 0 Å². The summed E-state index contributed by atoms with van der Waals surface area (Å²) >= 11 is 1.65. The molecule has 1 aromatic rings. The lowest BCUT2D eigenvalue weighted by Crippen LogP contribution is -2.53. The van der Waals surface area contributed by atoms with Gasteiger partial charge in [0.05, 0.1) is 0 Å². The molecule has 2 rings (SSSR count). The molecule has 1 aliphatic heterocycles. The molecule has 106 valence electrons. The van der Waals surface area contributed by atoms with E-state index in [0.717, 1.165) is 44.2 Å². The number of aromatic nitrogens is 1. The molecular weight excluding hydrogens is 260 g/mol. The highest BCUT2D eigenvalue weighted by molar-refractivity contribution is 7.13. The van der Waals surface area contributed by atoms with Gasteiger partial charge < -0.3 is 15.1 Å². The van der Waals surface area contributed by atoms with Gasteiger partial charge in [-0.3, -0.25) is 0 Å². The molecule has 0 bridgehead atoms. The van der Waals surface area contributed by atoms with Crippen molar-refractivity contribution in [3.05, 3.63) is 11.6 Å². The number of nitrogens with one attached hydrogen (secondary N) is 1. The number of carbonyl (C=O) groups is 1. The third kappa shape index (κ3) is 3.83. The van der Waals surface area contributed by atoms with Crippen LogP contribution in [0.15, 0.2) is 11.6 Å². The van der Waals surface area contributed by atoms with Crippen LogP contribution in [0, 0.1) is 0 Å². The van der Waals surface area contributed by atoms with E-state index in [1.807, 2.05) is 16.5 Å². The number of urea groups is 1. The van der Waals surface area contributed by atoms with Gasteiger partial charge in [0.2, 0.25) is 0 Å². The maximum atomic E-state index is 12.1. The van der Waals surface area contributed by atoms with Crippen molar-refractivity contribution in [1.29, 1.82) is 0 Å². The van der Waals surface area contributed by atoms with Gasteiger partial charge in [0.25, 0.3) is 0 Å². The first kappa shape index (κ1) is 14.1. The van der Waals surface area contributed by atoms with Crippen molar-refractivity contribution in [1.82, 2.24) is 15.2 Å². The first-order valence-corrected chi connectivity index (χ1v) is 7.78. The molecule has 0 unspecified atom stereocenters. The fourth-order valence-electron chi connectivity index (χ4n) is 2.28.